The summed E-state index contributed by atoms with van der Waals surface area (Å²) in [6.45, 7) is 4.05. The normalized spacial score (nSPS) is 21.0. The molecule has 0 aliphatic carbocycles. The van der Waals surface area contributed by atoms with Crippen LogP contribution in [0.25, 0.3) is 0 Å². The Morgan fingerprint density at radius 3 is 2.28 bits per heavy atom. The minimum absolute atomic E-state index is 0.00857. The molecule has 2 rings (SSSR count). The van der Waals surface area contributed by atoms with E-state index in [-0.39, 0.29) is 35.1 Å². The highest BCUT2D eigenvalue weighted by atomic mass is 32.2. The fourth-order valence-electron chi connectivity index (χ4n) is 3.39. The third-order valence-corrected chi connectivity index (χ3v) is 6.49. The van der Waals surface area contributed by atoms with Gasteiger partial charge in [0.2, 0.25) is 5.91 Å². The van der Waals surface area contributed by atoms with Gasteiger partial charge in [-0.05, 0) is 45.2 Å². The summed E-state index contributed by atoms with van der Waals surface area (Å²) in [5.74, 6) is 0.516. The maximum atomic E-state index is 12.6. The number of hydrogen-bond donors (Lipinski definition) is 0. The van der Waals surface area contributed by atoms with Gasteiger partial charge < -0.3 is 14.4 Å². The summed E-state index contributed by atoms with van der Waals surface area (Å²) < 4.78 is 35.4. The van der Waals surface area contributed by atoms with Gasteiger partial charge in [0.15, 0.2) is 21.3 Å². The van der Waals surface area contributed by atoms with Crippen LogP contribution in [0.15, 0.2) is 23.1 Å². The molecule has 1 amide bonds. The summed E-state index contributed by atoms with van der Waals surface area (Å²) in [6.07, 6.45) is 3.04. The first-order valence-corrected chi connectivity index (χ1v) is 10.2. The lowest BCUT2D eigenvalue weighted by atomic mass is 9.97. The molecule has 1 heterocycles. The summed E-state index contributed by atoms with van der Waals surface area (Å²) in [5.41, 5.74) is 0. The Bertz CT molecular complexity index is 706. The molecule has 0 N–H and O–H groups in total. The zero-order chi connectivity index (χ0) is 18.6. The third-order valence-electron chi connectivity index (χ3n) is 4.78. The van der Waals surface area contributed by atoms with E-state index in [4.69, 9.17) is 9.47 Å². The van der Waals surface area contributed by atoms with Crippen molar-refractivity contribution in [3.8, 4) is 11.5 Å². The lowest BCUT2D eigenvalue weighted by Gasteiger charge is -2.39. The number of likely N-dealkylation sites (tertiary alicyclic amines) is 1. The Labute approximate surface area is 150 Å². The van der Waals surface area contributed by atoms with Crippen LogP contribution < -0.4 is 9.47 Å². The molecule has 2 atom stereocenters. The van der Waals surface area contributed by atoms with Crippen LogP contribution in [0.2, 0.25) is 0 Å². The number of amides is 1. The molecule has 6 nitrogen and oxygen atoms in total. The Morgan fingerprint density at radius 1 is 1.12 bits per heavy atom. The minimum atomic E-state index is -3.57. The van der Waals surface area contributed by atoms with Crippen molar-refractivity contribution in [1.82, 2.24) is 4.90 Å². The highest BCUT2D eigenvalue weighted by Gasteiger charge is 2.29. The zero-order valence-electron chi connectivity index (χ0n) is 15.3. The number of rotatable bonds is 6. The van der Waals surface area contributed by atoms with E-state index in [1.165, 1.54) is 26.4 Å². The molecular weight excluding hydrogens is 342 g/mol. The van der Waals surface area contributed by atoms with Crippen LogP contribution >= 0.6 is 0 Å². The van der Waals surface area contributed by atoms with Crippen molar-refractivity contribution >= 4 is 15.7 Å². The molecule has 0 spiro atoms. The quantitative estimate of drug-likeness (QED) is 0.771. The summed E-state index contributed by atoms with van der Waals surface area (Å²) in [7, 11) is -0.623. The molecule has 1 fully saturated rings. The standard InChI is InChI=1S/C18H27NO5S/c1-13-6-5-7-14(2)19(13)18(20)10-11-25(21,22)15-8-9-16(23-3)17(12-15)24-4/h8-9,12-14H,5-7,10-11H2,1-4H3. The van der Waals surface area contributed by atoms with Crippen LogP contribution in [0.3, 0.4) is 0 Å². The molecule has 1 saturated heterocycles. The van der Waals surface area contributed by atoms with Crippen LogP contribution in [0, 0.1) is 0 Å². The van der Waals surface area contributed by atoms with Gasteiger partial charge in [-0.1, -0.05) is 0 Å². The van der Waals surface area contributed by atoms with Gasteiger partial charge in [0.05, 0.1) is 24.9 Å². The van der Waals surface area contributed by atoms with Gasteiger partial charge in [0.25, 0.3) is 0 Å². The van der Waals surface area contributed by atoms with Gasteiger partial charge >= 0.3 is 0 Å². The Morgan fingerprint density at radius 2 is 1.72 bits per heavy atom. The predicted octanol–water partition coefficient (Wildman–Crippen LogP) is 2.66. The SMILES string of the molecule is COc1ccc(S(=O)(=O)CCC(=O)N2C(C)CCCC2C)cc1OC. The number of nitrogens with zero attached hydrogens (tertiary/aromatic N) is 1. The first kappa shape index (κ1) is 19.6. The highest BCUT2D eigenvalue weighted by Crippen LogP contribution is 2.30. The van der Waals surface area contributed by atoms with Crippen molar-refractivity contribution in [3.63, 3.8) is 0 Å². The van der Waals surface area contributed by atoms with Crippen molar-refractivity contribution in [2.75, 3.05) is 20.0 Å². The lowest BCUT2D eigenvalue weighted by Crippen LogP contribution is -2.47. The third kappa shape index (κ3) is 4.45. The van der Waals surface area contributed by atoms with Crippen LogP contribution in [0.4, 0.5) is 0 Å². The number of carbonyl (C=O) groups excluding carboxylic acids is 1. The first-order chi connectivity index (χ1) is 11.8. The van der Waals surface area contributed by atoms with E-state index >= 15 is 0 Å². The molecule has 1 aliphatic heterocycles. The number of carbonyl (C=O) groups is 1. The van der Waals surface area contributed by atoms with E-state index in [9.17, 15) is 13.2 Å². The van der Waals surface area contributed by atoms with Crippen molar-refractivity contribution < 1.29 is 22.7 Å². The molecule has 2 unspecified atom stereocenters. The van der Waals surface area contributed by atoms with Gasteiger partial charge in [0, 0.05) is 24.6 Å². The van der Waals surface area contributed by atoms with Crippen LogP contribution in [0.1, 0.15) is 39.5 Å². The molecule has 1 aromatic rings. The molecule has 0 saturated carbocycles. The Balaban J connectivity index is 2.10. The van der Waals surface area contributed by atoms with Crippen molar-refractivity contribution in [2.24, 2.45) is 0 Å². The van der Waals surface area contributed by atoms with E-state index in [0.717, 1.165) is 19.3 Å². The fourth-order valence-corrected chi connectivity index (χ4v) is 4.63. The second kappa shape index (κ2) is 8.08. The zero-order valence-corrected chi connectivity index (χ0v) is 16.1. The maximum absolute atomic E-state index is 12.6. The lowest BCUT2D eigenvalue weighted by molar-refractivity contribution is -0.136. The molecule has 0 aromatic heterocycles. The predicted molar refractivity (Wildman–Crippen MR) is 95.8 cm³/mol. The Hall–Kier alpha value is -1.76. The molecular formula is C18H27NO5S. The largest absolute Gasteiger partial charge is 0.493 e. The number of ether oxygens (including phenoxy) is 2. The number of methoxy groups -OCH3 is 2. The monoisotopic (exact) mass is 369 g/mol. The topological polar surface area (TPSA) is 72.9 Å². The molecule has 1 aliphatic rings. The van der Waals surface area contributed by atoms with Crippen LogP contribution in [-0.2, 0) is 14.6 Å². The molecule has 7 heteroatoms. The Kier molecular flexibility index (Phi) is 6.32. The number of hydrogen-bond acceptors (Lipinski definition) is 5. The maximum Gasteiger partial charge on any atom is 0.224 e. The minimum Gasteiger partial charge on any atom is -0.493 e. The van der Waals surface area contributed by atoms with Gasteiger partial charge in [-0.15, -0.1) is 0 Å². The van der Waals surface area contributed by atoms with E-state index in [2.05, 4.69) is 0 Å². The van der Waals surface area contributed by atoms with Crippen molar-refractivity contribution in [1.29, 1.82) is 0 Å². The second-order valence-corrected chi connectivity index (χ2v) is 8.62. The van der Waals surface area contributed by atoms with Crippen LogP contribution in [-0.4, -0.2) is 51.3 Å². The van der Waals surface area contributed by atoms with E-state index in [0.29, 0.717) is 11.5 Å². The van der Waals surface area contributed by atoms with Crippen LogP contribution in [0.5, 0.6) is 11.5 Å². The number of benzene rings is 1. The number of piperidine rings is 1. The van der Waals surface area contributed by atoms with Gasteiger partial charge in [-0.3, -0.25) is 4.79 Å². The average Bonchev–Trinajstić information content (AvgIpc) is 2.59. The smallest absolute Gasteiger partial charge is 0.224 e. The molecule has 0 radical (unpaired) electrons. The van der Waals surface area contributed by atoms with Gasteiger partial charge in [-0.2, -0.15) is 0 Å². The molecule has 25 heavy (non-hydrogen) atoms. The molecule has 1 aromatic carbocycles. The summed E-state index contributed by atoms with van der Waals surface area (Å²) >= 11 is 0. The van der Waals surface area contributed by atoms with E-state index in [1.807, 2.05) is 18.7 Å². The van der Waals surface area contributed by atoms with E-state index in [1.54, 1.807) is 6.07 Å². The second-order valence-electron chi connectivity index (χ2n) is 6.52. The van der Waals surface area contributed by atoms with Crippen molar-refractivity contribution in [2.45, 2.75) is 56.5 Å². The summed E-state index contributed by atoms with van der Waals surface area (Å²) in [4.78, 5) is 14.5. The number of sulfone groups is 1. The summed E-state index contributed by atoms with van der Waals surface area (Å²) in [5, 5.41) is 0. The fraction of sp³-hybridized carbons (Fsp3) is 0.611. The average molecular weight is 369 g/mol. The molecule has 140 valence electrons. The summed E-state index contributed by atoms with van der Waals surface area (Å²) in [6, 6.07) is 4.81. The van der Waals surface area contributed by atoms with Gasteiger partial charge in [-0.25, -0.2) is 8.42 Å². The van der Waals surface area contributed by atoms with E-state index < -0.39 is 9.84 Å². The van der Waals surface area contributed by atoms with Crippen molar-refractivity contribution in [3.05, 3.63) is 18.2 Å². The highest BCUT2D eigenvalue weighted by molar-refractivity contribution is 7.91. The molecule has 0 bridgehead atoms. The van der Waals surface area contributed by atoms with Gasteiger partial charge in [0.1, 0.15) is 0 Å². The first-order valence-electron chi connectivity index (χ1n) is 8.56.